The summed E-state index contributed by atoms with van der Waals surface area (Å²) in [6.45, 7) is 7.04. The summed E-state index contributed by atoms with van der Waals surface area (Å²) in [5.41, 5.74) is 6.68. The van der Waals surface area contributed by atoms with Gasteiger partial charge in [0.1, 0.15) is 11.5 Å². The number of hydrogen-bond acceptors (Lipinski definition) is 12. The normalized spacial score (nSPS) is 32.5. The fourth-order valence-electron chi connectivity index (χ4n) is 14.0. The van der Waals surface area contributed by atoms with Gasteiger partial charge in [-0.1, -0.05) is 59.6 Å². The molecule has 18 heteroatoms. The molecule has 12 rings (SSSR count). The van der Waals surface area contributed by atoms with E-state index < -0.39 is 54.6 Å². The number of halogens is 2. The third-order valence-corrected chi connectivity index (χ3v) is 22.9. The van der Waals surface area contributed by atoms with E-state index in [1.54, 1.807) is 62.4 Å². The average Bonchev–Trinajstić information content (AvgIpc) is 3.66. The number of nitrogens with zero attached hydrogens (tertiary/aromatic N) is 2. The molecule has 2 fully saturated rings. The number of sulfonamides is 2. The van der Waals surface area contributed by atoms with Crippen molar-refractivity contribution in [3.63, 3.8) is 0 Å². The lowest BCUT2D eigenvalue weighted by molar-refractivity contribution is 0.0175. The number of nitrogens with one attached hydrogen (secondary N) is 2. The minimum absolute atomic E-state index is 0.172. The lowest BCUT2D eigenvalue weighted by Crippen LogP contribution is -2.49. The quantitative estimate of drug-likeness (QED) is 0.122. The molecule has 4 aliphatic carbocycles. The number of aryl methyl sites for hydroxylation is 2. The van der Waals surface area contributed by atoms with Gasteiger partial charge in [0, 0.05) is 58.2 Å². The molecular formula is C62H74Cl2N4O10S2. The van der Waals surface area contributed by atoms with E-state index >= 15 is 0 Å². The number of rotatable bonds is 0. The van der Waals surface area contributed by atoms with Crippen LogP contribution in [0.25, 0.3) is 0 Å². The van der Waals surface area contributed by atoms with Crippen molar-refractivity contribution in [3.8, 4) is 11.5 Å². The van der Waals surface area contributed by atoms with Gasteiger partial charge in [0.25, 0.3) is 11.8 Å². The van der Waals surface area contributed by atoms with Crippen LogP contribution in [0.15, 0.2) is 97.1 Å². The van der Waals surface area contributed by atoms with Crippen LogP contribution in [0, 0.1) is 23.7 Å². The van der Waals surface area contributed by atoms with Crippen LogP contribution in [0.2, 0.25) is 10.0 Å². The molecule has 4 N–H and O–H groups in total. The monoisotopic (exact) mass is 1170 g/mol. The van der Waals surface area contributed by atoms with Crippen molar-refractivity contribution in [2.45, 2.75) is 137 Å². The second-order valence-corrected chi connectivity index (χ2v) is 29.2. The van der Waals surface area contributed by atoms with E-state index in [4.69, 9.17) is 32.7 Å². The van der Waals surface area contributed by atoms with Crippen LogP contribution in [-0.4, -0.2) is 101 Å². The van der Waals surface area contributed by atoms with Crippen LogP contribution >= 0.6 is 23.2 Å². The summed E-state index contributed by atoms with van der Waals surface area (Å²) in [4.78, 5) is 31.0. The lowest BCUT2D eigenvalue weighted by atomic mass is 9.68. The van der Waals surface area contributed by atoms with Gasteiger partial charge in [-0.15, -0.1) is 0 Å². The summed E-state index contributed by atoms with van der Waals surface area (Å²) in [7, 11) is -7.76. The Kier molecular flexibility index (Phi) is 16.3. The van der Waals surface area contributed by atoms with Crippen molar-refractivity contribution in [3.05, 3.63) is 141 Å². The van der Waals surface area contributed by atoms with Crippen molar-refractivity contribution >= 4 is 66.4 Å². The SMILES string of the molecule is C[C@H]1C/C=C/C[C@H](O)[C@@H]2CC[C@H]2CN2C[C@@]3(CCCc4cc(Cl)ccc43)COc3ccc(cc32)C(=O)NS1(=O)=O.C[C@H]1C/C=C\C[C@H](O)[C@@H]2CC[C@H]2CN2C[C@@]3(CCCc4cc(Cl)ccc43)COc3ccc(cc32)C(=O)NS1(=O)=O. The van der Waals surface area contributed by atoms with Gasteiger partial charge in [0.05, 0.1) is 47.3 Å². The van der Waals surface area contributed by atoms with E-state index in [0.717, 1.165) is 98.7 Å². The van der Waals surface area contributed by atoms with Gasteiger partial charge in [-0.25, -0.2) is 26.3 Å². The maximum Gasteiger partial charge on any atom is 0.264 e. The lowest BCUT2D eigenvalue weighted by Gasteiger charge is -2.45. The second-order valence-electron chi connectivity index (χ2n) is 24.2. The molecule has 0 unspecified atom stereocenters. The van der Waals surface area contributed by atoms with E-state index in [1.807, 2.05) is 24.3 Å². The molecule has 0 saturated heterocycles. The first kappa shape index (κ1) is 56.7. The Hall–Kier alpha value is -5.10. The number of carbonyl (C=O) groups excluding carboxylic acids is 2. The van der Waals surface area contributed by atoms with E-state index in [1.165, 1.54) is 22.3 Å². The Bertz CT molecular complexity index is 3100. The Morgan fingerprint density at radius 1 is 0.562 bits per heavy atom. The number of fused-ring (bicyclic) bond motifs is 8. The van der Waals surface area contributed by atoms with Crippen LogP contribution in [0.1, 0.15) is 134 Å². The number of aliphatic hydroxyl groups excluding tert-OH is 2. The number of benzene rings is 4. The van der Waals surface area contributed by atoms with Crippen molar-refractivity contribution < 1.29 is 46.1 Å². The molecule has 4 bridgehead atoms. The molecule has 0 aromatic heterocycles. The smallest absolute Gasteiger partial charge is 0.264 e. The van der Waals surface area contributed by atoms with Gasteiger partial charge >= 0.3 is 0 Å². The predicted molar refractivity (Wildman–Crippen MR) is 313 cm³/mol. The molecule has 428 valence electrons. The fourth-order valence-corrected chi connectivity index (χ4v) is 16.2. The molecular weight excluding hydrogens is 1100 g/mol. The highest BCUT2D eigenvalue weighted by atomic mass is 35.5. The van der Waals surface area contributed by atoms with Gasteiger partial charge < -0.3 is 29.5 Å². The molecule has 14 nitrogen and oxygen atoms in total. The van der Waals surface area contributed by atoms with E-state index in [9.17, 15) is 36.6 Å². The highest BCUT2D eigenvalue weighted by Gasteiger charge is 2.47. The number of ether oxygens (including phenoxy) is 2. The first-order valence-electron chi connectivity index (χ1n) is 28.7. The topological polar surface area (TPSA) is 192 Å². The summed E-state index contributed by atoms with van der Waals surface area (Å²) < 4.78 is 69.2. The highest BCUT2D eigenvalue weighted by molar-refractivity contribution is 7.91. The van der Waals surface area contributed by atoms with Gasteiger partial charge in [0.2, 0.25) is 20.0 Å². The highest BCUT2D eigenvalue weighted by Crippen LogP contribution is 2.49. The molecule has 0 radical (unpaired) electrons. The Balaban J connectivity index is 0.000000169. The second kappa shape index (κ2) is 22.9. The summed E-state index contributed by atoms with van der Waals surface area (Å²) in [6, 6.07) is 22.7. The van der Waals surface area contributed by atoms with E-state index in [2.05, 4.69) is 43.5 Å². The Morgan fingerprint density at radius 3 is 1.38 bits per heavy atom. The molecule has 2 saturated carbocycles. The van der Waals surface area contributed by atoms with Gasteiger partial charge in [-0.05, 0) is 210 Å². The summed E-state index contributed by atoms with van der Waals surface area (Å²) in [6.07, 6.45) is 17.9. The summed E-state index contributed by atoms with van der Waals surface area (Å²) in [5, 5.41) is 22.0. The van der Waals surface area contributed by atoms with Crippen LogP contribution < -0.4 is 28.7 Å². The number of carbonyl (C=O) groups is 2. The zero-order valence-electron chi connectivity index (χ0n) is 45.6. The number of aliphatic hydroxyl groups is 2. The molecule has 4 aliphatic heterocycles. The van der Waals surface area contributed by atoms with Crippen molar-refractivity contribution in [1.29, 1.82) is 0 Å². The van der Waals surface area contributed by atoms with Crippen LogP contribution in [-0.2, 0) is 43.7 Å². The Morgan fingerprint density at radius 2 is 0.975 bits per heavy atom. The summed E-state index contributed by atoms with van der Waals surface area (Å²) >= 11 is 12.7. The standard InChI is InChI=1S/2C31H37ClN2O5S/c2*1-20-5-2-3-7-28(35)25-11-8-23(25)17-34-18-31(14-4-6-21-15-24(32)10-12-26(21)31)19-39-29-13-9-22(16-27(29)34)30(36)33-40(20,37)38/h2*2-3,9-10,12-13,15-16,20,23,25,28,35H,4-8,11,14,17-19H2,1H3,(H,33,36)/b3-2+;3-2-/t2*20-,23-,25+,28-,31-/m00/s1. The van der Waals surface area contributed by atoms with Crippen LogP contribution in [0.4, 0.5) is 11.4 Å². The van der Waals surface area contributed by atoms with Crippen molar-refractivity contribution in [2.24, 2.45) is 23.7 Å². The van der Waals surface area contributed by atoms with Gasteiger partial charge in [-0.3, -0.25) is 9.59 Å². The molecule has 4 heterocycles. The molecule has 4 aromatic rings. The minimum Gasteiger partial charge on any atom is -0.490 e. The van der Waals surface area contributed by atoms with Crippen molar-refractivity contribution in [1.82, 2.24) is 9.44 Å². The molecule has 10 atom stereocenters. The third kappa shape index (κ3) is 11.5. The first-order valence-corrected chi connectivity index (χ1v) is 32.5. The first-order chi connectivity index (χ1) is 38.3. The number of hydrogen-bond donors (Lipinski definition) is 4. The number of amides is 2. The largest absolute Gasteiger partial charge is 0.490 e. The molecule has 80 heavy (non-hydrogen) atoms. The number of allylic oxidation sites excluding steroid dienone is 2. The average molecular weight is 1170 g/mol. The molecule has 4 aromatic carbocycles. The van der Waals surface area contributed by atoms with Gasteiger partial charge in [0.15, 0.2) is 0 Å². The van der Waals surface area contributed by atoms with Crippen LogP contribution in [0.5, 0.6) is 11.5 Å². The van der Waals surface area contributed by atoms with Crippen molar-refractivity contribution in [2.75, 3.05) is 49.2 Å². The zero-order valence-corrected chi connectivity index (χ0v) is 48.8. The summed E-state index contributed by atoms with van der Waals surface area (Å²) in [5.74, 6) is 1.06. The predicted octanol–water partition coefficient (Wildman–Crippen LogP) is 10.00. The number of anilines is 2. The Labute approximate surface area is 481 Å². The van der Waals surface area contributed by atoms with Gasteiger partial charge in [-0.2, -0.15) is 0 Å². The maximum absolute atomic E-state index is 13.2. The van der Waals surface area contributed by atoms with Crippen LogP contribution in [0.3, 0.4) is 0 Å². The maximum atomic E-state index is 13.2. The molecule has 2 amide bonds. The minimum atomic E-state index is -3.88. The van der Waals surface area contributed by atoms with E-state index in [0.29, 0.717) is 62.5 Å². The van der Waals surface area contributed by atoms with E-state index in [-0.39, 0.29) is 46.6 Å². The molecule has 2 spiro atoms. The fraction of sp³-hybridized carbons (Fsp3) is 0.516. The third-order valence-electron chi connectivity index (χ3n) is 19.0. The zero-order chi connectivity index (χ0) is 56.1. The molecule has 8 aliphatic rings.